The van der Waals surface area contributed by atoms with Crippen molar-refractivity contribution in [2.24, 2.45) is 5.73 Å². The van der Waals surface area contributed by atoms with Crippen molar-refractivity contribution >= 4 is 16.9 Å². The van der Waals surface area contributed by atoms with Crippen molar-refractivity contribution in [1.29, 1.82) is 0 Å². The number of rotatable bonds is 6. The van der Waals surface area contributed by atoms with E-state index in [1.807, 2.05) is 0 Å². The van der Waals surface area contributed by atoms with E-state index in [0.29, 0.717) is 0 Å². The van der Waals surface area contributed by atoms with Crippen LogP contribution in [0.3, 0.4) is 0 Å². The van der Waals surface area contributed by atoms with Gasteiger partial charge in [-0.3, -0.25) is 4.79 Å². The Kier molecular flexibility index (Phi) is 8.07. The molecule has 0 atom stereocenters. The second kappa shape index (κ2) is 8.08. The van der Waals surface area contributed by atoms with E-state index in [2.05, 4.69) is 0 Å². The topological polar surface area (TPSA) is 43.1 Å². The van der Waals surface area contributed by atoms with Crippen LogP contribution in [-0.4, -0.2) is 17.4 Å². The van der Waals surface area contributed by atoms with Gasteiger partial charge < -0.3 is 5.73 Å². The highest BCUT2D eigenvalue weighted by molar-refractivity contribution is 8.13. The summed E-state index contributed by atoms with van der Waals surface area (Å²) < 4.78 is 0. The molecule has 2 N–H and O–H groups in total. The number of carbonyl (C=O) groups excluding carboxylic acids is 1. The first-order valence-electron chi connectivity index (χ1n) is 4.11. The lowest BCUT2D eigenvalue weighted by Gasteiger charge is -1.97. The Balaban J connectivity index is 2.85. The fraction of sp³-hybridized carbons (Fsp3) is 0.875. The van der Waals surface area contributed by atoms with Crippen LogP contribution in [0.2, 0.25) is 0 Å². The molecule has 0 amide bonds. The average Bonchev–Trinajstić information content (AvgIpc) is 1.96. The van der Waals surface area contributed by atoms with E-state index in [-0.39, 0.29) is 5.12 Å². The zero-order valence-electron chi connectivity index (χ0n) is 7.14. The zero-order valence-corrected chi connectivity index (χ0v) is 7.95. The van der Waals surface area contributed by atoms with Gasteiger partial charge >= 0.3 is 0 Å². The van der Waals surface area contributed by atoms with Gasteiger partial charge in [0.15, 0.2) is 5.12 Å². The van der Waals surface area contributed by atoms with Crippen LogP contribution in [0.4, 0.5) is 0 Å². The van der Waals surface area contributed by atoms with Gasteiger partial charge in [0.2, 0.25) is 0 Å². The molecule has 0 aliphatic heterocycles. The van der Waals surface area contributed by atoms with E-state index in [0.717, 1.165) is 25.1 Å². The first-order valence-corrected chi connectivity index (χ1v) is 5.09. The maximum Gasteiger partial charge on any atom is 0.185 e. The third-order valence-electron chi connectivity index (χ3n) is 1.40. The van der Waals surface area contributed by atoms with Gasteiger partial charge in [0.05, 0.1) is 0 Å². The molecule has 0 rings (SSSR count). The number of thioether (sulfide) groups is 1. The van der Waals surface area contributed by atoms with E-state index in [9.17, 15) is 4.79 Å². The smallest absolute Gasteiger partial charge is 0.185 e. The first-order chi connectivity index (χ1) is 5.27. The normalized spacial score (nSPS) is 10.0. The van der Waals surface area contributed by atoms with Crippen LogP contribution in [0, 0.1) is 0 Å². The second-order valence-corrected chi connectivity index (χ2v) is 3.81. The Morgan fingerprint density at radius 3 is 2.45 bits per heavy atom. The summed E-state index contributed by atoms with van der Waals surface area (Å²) in [5.74, 6) is 0.972. The summed E-state index contributed by atoms with van der Waals surface area (Å²) >= 11 is 1.42. The fourth-order valence-electron chi connectivity index (χ4n) is 0.816. The van der Waals surface area contributed by atoms with Crippen LogP contribution in [0.1, 0.15) is 32.6 Å². The molecule has 0 unspecified atom stereocenters. The van der Waals surface area contributed by atoms with Gasteiger partial charge in [0.25, 0.3) is 0 Å². The summed E-state index contributed by atoms with van der Waals surface area (Å²) in [5, 5.41) is 0.226. The minimum atomic E-state index is 0.226. The van der Waals surface area contributed by atoms with Gasteiger partial charge in [0, 0.05) is 12.7 Å². The molecule has 0 aliphatic rings. The molecule has 3 heteroatoms. The first kappa shape index (κ1) is 11.0. The summed E-state index contributed by atoms with van der Waals surface area (Å²) in [4.78, 5) is 10.5. The van der Waals surface area contributed by atoms with Crippen molar-refractivity contribution in [2.45, 2.75) is 32.6 Å². The predicted molar refractivity (Wildman–Crippen MR) is 50.7 cm³/mol. The molecule has 66 valence electrons. The monoisotopic (exact) mass is 175 g/mol. The zero-order chi connectivity index (χ0) is 8.53. The van der Waals surface area contributed by atoms with Crippen molar-refractivity contribution in [1.82, 2.24) is 0 Å². The number of hydrogen-bond acceptors (Lipinski definition) is 3. The van der Waals surface area contributed by atoms with E-state index in [1.165, 1.54) is 24.6 Å². The van der Waals surface area contributed by atoms with E-state index in [1.54, 1.807) is 6.92 Å². The summed E-state index contributed by atoms with van der Waals surface area (Å²) in [7, 11) is 0. The molecule has 2 nitrogen and oxygen atoms in total. The predicted octanol–water partition coefficient (Wildman–Crippen LogP) is 1.79. The Bertz CT molecular complexity index is 106. The van der Waals surface area contributed by atoms with Gasteiger partial charge in [-0.05, 0) is 19.4 Å². The number of nitrogens with two attached hydrogens (primary N) is 1. The van der Waals surface area contributed by atoms with Crippen LogP contribution in [-0.2, 0) is 4.79 Å². The van der Waals surface area contributed by atoms with E-state index < -0.39 is 0 Å². The SMILES string of the molecule is CC(=O)SCCCCCCN. The van der Waals surface area contributed by atoms with Crippen molar-refractivity contribution < 1.29 is 4.79 Å². The molecule has 0 spiro atoms. The van der Waals surface area contributed by atoms with Gasteiger partial charge in [-0.15, -0.1) is 0 Å². The Morgan fingerprint density at radius 1 is 1.27 bits per heavy atom. The van der Waals surface area contributed by atoms with Gasteiger partial charge in [-0.25, -0.2) is 0 Å². The standard InChI is InChI=1S/C8H17NOS/c1-8(10)11-7-5-3-2-4-6-9/h2-7,9H2,1H3. The Hall–Kier alpha value is -0.0200. The lowest BCUT2D eigenvalue weighted by atomic mass is 10.2. The minimum Gasteiger partial charge on any atom is -0.330 e. The highest BCUT2D eigenvalue weighted by Gasteiger charge is 1.93. The molecule has 11 heavy (non-hydrogen) atoms. The molecular weight excluding hydrogens is 158 g/mol. The Morgan fingerprint density at radius 2 is 1.91 bits per heavy atom. The minimum absolute atomic E-state index is 0.226. The van der Waals surface area contributed by atoms with Crippen molar-refractivity contribution in [3.05, 3.63) is 0 Å². The summed E-state index contributed by atoms with van der Waals surface area (Å²) in [6.45, 7) is 2.41. The molecular formula is C8H17NOS. The van der Waals surface area contributed by atoms with Crippen LogP contribution >= 0.6 is 11.8 Å². The van der Waals surface area contributed by atoms with Crippen molar-refractivity contribution in [3.8, 4) is 0 Å². The quantitative estimate of drug-likeness (QED) is 0.626. The van der Waals surface area contributed by atoms with Crippen molar-refractivity contribution in [2.75, 3.05) is 12.3 Å². The van der Waals surface area contributed by atoms with E-state index in [4.69, 9.17) is 5.73 Å². The average molecular weight is 175 g/mol. The maximum absolute atomic E-state index is 10.5. The summed E-state index contributed by atoms with van der Waals surface area (Å²) in [5.41, 5.74) is 5.33. The number of unbranched alkanes of at least 4 members (excludes halogenated alkanes) is 3. The maximum atomic E-state index is 10.5. The molecule has 0 saturated carbocycles. The van der Waals surface area contributed by atoms with Crippen LogP contribution in [0.15, 0.2) is 0 Å². The van der Waals surface area contributed by atoms with Crippen LogP contribution in [0.25, 0.3) is 0 Å². The Labute approximate surface area is 72.9 Å². The molecule has 0 saturated heterocycles. The third kappa shape index (κ3) is 9.98. The third-order valence-corrected chi connectivity index (χ3v) is 2.30. The molecule has 0 bridgehead atoms. The molecule has 0 aromatic carbocycles. The van der Waals surface area contributed by atoms with Crippen LogP contribution in [0.5, 0.6) is 0 Å². The van der Waals surface area contributed by atoms with Gasteiger partial charge in [0.1, 0.15) is 0 Å². The highest BCUT2D eigenvalue weighted by Crippen LogP contribution is 2.07. The number of carbonyl (C=O) groups is 1. The van der Waals surface area contributed by atoms with Crippen molar-refractivity contribution in [3.63, 3.8) is 0 Å². The highest BCUT2D eigenvalue weighted by atomic mass is 32.2. The molecule has 0 aromatic heterocycles. The van der Waals surface area contributed by atoms with Gasteiger partial charge in [-0.2, -0.15) is 0 Å². The van der Waals surface area contributed by atoms with E-state index >= 15 is 0 Å². The fourth-order valence-corrected chi connectivity index (χ4v) is 1.45. The lowest BCUT2D eigenvalue weighted by molar-refractivity contribution is -0.109. The summed E-state index contributed by atoms with van der Waals surface area (Å²) in [6, 6.07) is 0. The largest absolute Gasteiger partial charge is 0.330 e. The second-order valence-electron chi connectivity index (χ2n) is 2.54. The lowest BCUT2D eigenvalue weighted by Crippen LogP contribution is -1.97. The van der Waals surface area contributed by atoms with Crippen LogP contribution < -0.4 is 5.73 Å². The summed E-state index contributed by atoms with van der Waals surface area (Å²) in [6.07, 6.45) is 4.67. The molecule has 0 aliphatic carbocycles. The molecule has 0 heterocycles. The molecule has 0 fully saturated rings. The molecule has 0 radical (unpaired) electrons. The molecule has 0 aromatic rings. The van der Waals surface area contributed by atoms with Gasteiger partial charge in [-0.1, -0.05) is 24.6 Å². The number of hydrogen-bond donors (Lipinski definition) is 1.